The summed E-state index contributed by atoms with van der Waals surface area (Å²) < 4.78 is 9.51. The quantitative estimate of drug-likeness (QED) is 0.771. The molecule has 2 N–H and O–H groups in total. The first-order chi connectivity index (χ1) is 10.1. The summed E-state index contributed by atoms with van der Waals surface area (Å²) >= 11 is 0. The zero-order valence-electron chi connectivity index (χ0n) is 12.1. The van der Waals surface area contributed by atoms with E-state index in [4.69, 9.17) is 10.5 Å². The SMILES string of the molecule is CC(C)Oc1cccc2c1nc(N)n2CCn1ccnn1. The van der Waals surface area contributed by atoms with E-state index in [0.717, 1.165) is 16.8 Å². The Hall–Kier alpha value is -2.57. The van der Waals surface area contributed by atoms with Gasteiger partial charge in [-0.15, -0.1) is 5.10 Å². The molecule has 3 rings (SSSR count). The van der Waals surface area contributed by atoms with Crippen LogP contribution in [0, 0.1) is 0 Å². The van der Waals surface area contributed by atoms with Crippen LogP contribution in [0.4, 0.5) is 5.95 Å². The second-order valence-electron chi connectivity index (χ2n) is 5.08. The van der Waals surface area contributed by atoms with Gasteiger partial charge in [0.2, 0.25) is 5.95 Å². The van der Waals surface area contributed by atoms with Gasteiger partial charge in [0.05, 0.1) is 24.4 Å². The van der Waals surface area contributed by atoms with Crippen LogP contribution in [0.25, 0.3) is 11.0 Å². The fraction of sp³-hybridized carbons (Fsp3) is 0.357. The highest BCUT2D eigenvalue weighted by atomic mass is 16.5. The first kappa shape index (κ1) is 13.4. The van der Waals surface area contributed by atoms with Crippen LogP contribution in [0.15, 0.2) is 30.6 Å². The van der Waals surface area contributed by atoms with E-state index < -0.39 is 0 Å². The Balaban J connectivity index is 1.93. The molecule has 0 saturated heterocycles. The van der Waals surface area contributed by atoms with Crippen molar-refractivity contribution in [2.45, 2.75) is 33.0 Å². The molecule has 1 aromatic carbocycles. The van der Waals surface area contributed by atoms with Crippen LogP contribution in [0.2, 0.25) is 0 Å². The Kier molecular flexibility index (Phi) is 3.47. The number of para-hydroxylation sites is 1. The largest absolute Gasteiger partial charge is 0.489 e. The molecule has 3 aromatic rings. The average Bonchev–Trinajstić information content (AvgIpc) is 3.04. The lowest BCUT2D eigenvalue weighted by Crippen LogP contribution is -2.10. The van der Waals surface area contributed by atoms with Gasteiger partial charge in [0.25, 0.3) is 0 Å². The summed E-state index contributed by atoms with van der Waals surface area (Å²) in [5.74, 6) is 1.23. The number of nitrogens with zero attached hydrogens (tertiary/aromatic N) is 5. The van der Waals surface area contributed by atoms with Crippen molar-refractivity contribution in [3.8, 4) is 5.75 Å². The van der Waals surface area contributed by atoms with Gasteiger partial charge in [-0.1, -0.05) is 11.3 Å². The predicted octanol–water partition coefficient (Wildman–Crippen LogP) is 1.70. The number of fused-ring (bicyclic) bond motifs is 1. The zero-order chi connectivity index (χ0) is 14.8. The molecule has 0 aliphatic rings. The third kappa shape index (κ3) is 2.67. The maximum atomic E-state index is 6.04. The zero-order valence-corrected chi connectivity index (χ0v) is 12.1. The van der Waals surface area contributed by atoms with Crippen molar-refractivity contribution >= 4 is 17.0 Å². The summed E-state index contributed by atoms with van der Waals surface area (Å²) in [4.78, 5) is 4.44. The lowest BCUT2D eigenvalue weighted by molar-refractivity contribution is 0.245. The summed E-state index contributed by atoms with van der Waals surface area (Å²) in [7, 11) is 0. The Morgan fingerprint density at radius 1 is 1.29 bits per heavy atom. The minimum atomic E-state index is 0.0946. The fourth-order valence-corrected chi connectivity index (χ4v) is 2.28. The Morgan fingerprint density at radius 3 is 2.86 bits per heavy atom. The molecule has 0 spiro atoms. The lowest BCUT2D eigenvalue weighted by Gasteiger charge is -2.10. The van der Waals surface area contributed by atoms with Crippen molar-refractivity contribution in [2.75, 3.05) is 5.73 Å². The lowest BCUT2D eigenvalue weighted by atomic mass is 10.3. The van der Waals surface area contributed by atoms with E-state index in [1.54, 1.807) is 10.9 Å². The minimum Gasteiger partial charge on any atom is -0.489 e. The van der Waals surface area contributed by atoms with Crippen molar-refractivity contribution in [3.05, 3.63) is 30.6 Å². The standard InChI is InChI=1S/C14H18N6O/c1-10(2)21-12-5-3-4-11-13(12)17-14(15)20(11)9-8-19-7-6-16-18-19/h3-7,10H,8-9H2,1-2H3,(H2,15,17). The normalized spacial score (nSPS) is 11.4. The molecule has 0 fully saturated rings. The van der Waals surface area contributed by atoms with E-state index in [1.807, 2.05) is 42.8 Å². The Bertz CT molecular complexity index is 731. The fourth-order valence-electron chi connectivity index (χ4n) is 2.28. The second kappa shape index (κ2) is 5.43. The smallest absolute Gasteiger partial charge is 0.201 e. The molecule has 0 saturated carbocycles. The molecule has 0 radical (unpaired) electrons. The number of rotatable bonds is 5. The van der Waals surface area contributed by atoms with E-state index in [2.05, 4.69) is 15.3 Å². The summed E-state index contributed by atoms with van der Waals surface area (Å²) in [5.41, 5.74) is 7.80. The number of nitrogens with two attached hydrogens (primary N) is 1. The molecular weight excluding hydrogens is 268 g/mol. The van der Waals surface area contributed by atoms with Gasteiger partial charge in [-0.25, -0.2) is 4.98 Å². The van der Waals surface area contributed by atoms with Crippen LogP contribution in [0.5, 0.6) is 5.75 Å². The van der Waals surface area contributed by atoms with Gasteiger partial charge in [-0.05, 0) is 26.0 Å². The molecule has 7 nitrogen and oxygen atoms in total. The van der Waals surface area contributed by atoms with Crippen molar-refractivity contribution in [1.29, 1.82) is 0 Å². The summed E-state index contributed by atoms with van der Waals surface area (Å²) in [6.45, 7) is 5.34. The van der Waals surface area contributed by atoms with E-state index >= 15 is 0 Å². The number of aryl methyl sites for hydroxylation is 2. The molecule has 0 aliphatic carbocycles. The van der Waals surface area contributed by atoms with Gasteiger partial charge in [-0.2, -0.15) is 0 Å². The molecule has 0 aliphatic heterocycles. The molecule has 7 heteroatoms. The number of hydrogen-bond acceptors (Lipinski definition) is 5. The molecule has 2 heterocycles. The molecule has 0 bridgehead atoms. The second-order valence-corrected chi connectivity index (χ2v) is 5.08. The van der Waals surface area contributed by atoms with E-state index in [9.17, 15) is 0 Å². The highest BCUT2D eigenvalue weighted by molar-refractivity contribution is 5.84. The van der Waals surface area contributed by atoms with Gasteiger partial charge < -0.3 is 15.0 Å². The third-order valence-electron chi connectivity index (χ3n) is 3.16. The van der Waals surface area contributed by atoms with Gasteiger partial charge in [0.15, 0.2) is 0 Å². The molecule has 0 unspecified atom stereocenters. The molecule has 110 valence electrons. The molecule has 0 atom stereocenters. The molecular formula is C14H18N6O. The third-order valence-corrected chi connectivity index (χ3v) is 3.16. The summed E-state index contributed by atoms with van der Waals surface area (Å²) in [6.07, 6.45) is 3.57. The molecule has 0 amide bonds. The van der Waals surface area contributed by atoms with Gasteiger partial charge in [0, 0.05) is 12.7 Å². The highest BCUT2D eigenvalue weighted by Gasteiger charge is 2.13. The van der Waals surface area contributed by atoms with Crippen molar-refractivity contribution < 1.29 is 4.74 Å². The van der Waals surface area contributed by atoms with Gasteiger partial charge >= 0.3 is 0 Å². The first-order valence-corrected chi connectivity index (χ1v) is 6.90. The first-order valence-electron chi connectivity index (χ1n) is 6.90. The van der Waals surface area contributed by atoms with Crippen molar-refractivity contribution in [3.63, 3.8) is 0 Å². The number of ether oxygens (including phenoxy) is 1. The van der Waals surface area contributed by atoms with E-state index in [1.165, 1.54) is 0 Å². The topological polar surface area (TPSA) is 83.8 Å². The van der Waals surface area contributed by atoms with Crippen LogP contribution in [-0.2, 0) is 13.1 Å². The number of hydrogen-bond donors (Lipinski definition) is 1. The molecule has 21 heavy (non-hydrogen) atoms. The number of benzene rings is 1. The summed E-state index contributed by atoms with van der Waals surface area (Å²) in [6, 6.07) is 5.86. The average molecular weight is 286 g/mol. The number of nitrogen functional groups attached to an aromatic ring is 1. The monoisotopic (exact) mass is 286 g/mol. The van der Waals surface area contributed by atoms with Crippen molar-refractivity contribution in [2.24, 2.45) is 0 Å². The maximum absolute atomic E-state index is 6.04. The van der Waals surface area contributed by atoms with Crippen LogP contribution in [-0.4, -0.2) is 30.6 Å². The number of imidazole rings is 1. The van der Waals surface area contributed by atoms with Gasteiger partial charge in [0.1, 0.15) is 11.3 Å². The molecule has 2 aromatic heterocycles. The van der Waals surface area contributed by atoms with Gasteiger partial charge in [-0.3, -0.25) is 4.68 Å². The van der Waals surface area contributed by atoms with Crippen LogP contribution < -0.4 is 10.5 Å². The minimum absolute atomic E-state index is 0.0946. The Labute approximate surface area is 122 Å². The summed E-state index contributed by atoms with van der Waals surface area (Å²) in [5, 5.41) is 7.74. The van der Waals surface area contributed by atoms with Crippen LogP contribution >= 0.6 is 0 Å². The van der Waals surface area contributed by atoms with E-state index in [-0.39, 0.29) is 6.10 Å². The Morgan fingerprint density at radius 2 is 2.14 bits per heavy atom. The van der Waals surface area contributed by atoms with E-state index in [0.29, 0.717) is 19.0 Å². The maximum Gasteiger partial charge on any atom is 0.201 e. The number of anilines is 1. The van der Waals surface area contributed by atoms with Crippen LogP contribution in [0.3, 0.4) is 0 Å². The number of aromatic nitrogens is 5. The van der Waals surface area contributed by atoms with Crippen molar-refractivity contribution in [1.82, 2.24) is 24.5 Å². The predicted molar refractivity (Wildman–Crippen MR) is 79.9 cm³/mol. The highest BCUT2D eigenvalue weighted by Crippen LogP contribution is 2.27. The van der Waals surface area contributed by atoms with Crippen LogP contribution in [0.1, 0.15) is 13.8 Å².